The largest absolute Gasteiger partial charge is 0.360 e. The molecule has 126 valence electrons. The van der Waals surface area contributed by atoms with Gasteiger partial charge in [-0.15, -0.1) is 0 Å². The van der Waals surface area contributed by atoms with E-state index in [0.29, 0.717) is 17.3 Å². The summed E-state index contributed by atoms with van der Waals surface area (Å²) in [7, 11) is 0.254. The molecule has 0 amide bonds. The minimum atomic E-state index is -1.10. The maximum absolute atomic E-state index is 11.7. The van der Waals surface area contributed by atoms with Crippen LogP contribution in [0.1, 0.15) is 12.6 Å². The number of nitrogens with zero attached hydrogens (tertiary/aromatic N) is 3. The van der Waals surface area contributed by atoms with Gasteiger partial charge in [0.2, 0.25) is 0 Å². The molecule has 0 radical (unpaired) electrons. The molecule has 2 rings (SSSR count). The summed E-state index contributed by atoms with van der Waals surface area (Å²) in [4.78, 5) is 16.9. The monoisotopic (exact) mass is 336 g/mol. The first-order valence-corrected chi connectivity index (χ1v) is 11.6. The number of fused-ring (bicyclic) bond motifs is 1. The van der Waals surface area contributed by atoms with Crippen LogP contribution >= 0.6 is 0 Å². The Bertz CT molecular complexity index is 692. The molecule has 0 unspecified atom stereocenters. The van der Waals surface area contributed by atoms with Crippen LogP contribution in [0.3, 0.4) is 0 Å². The molecule has 1 heterocycles. The lowest BCUT2D eigenvalue weighted by Crippen LogP contribution is -2.22. The van der Waals surface area contributed by atoms with Crippen molar-refractivity contribution in [1.29, 1.82) is 0 Å². The van der Waals surface area contributed by atoms with Crippen molar-refractivity contribution in [1.82, 2.24) is 9.78 Å². The summed E-state index contributed by atoms with van der Waals surface area (Å²) >= 11 is 0. The van der Waals surface area contributed by atoms with E-state index in [0.717, 1.165) is 35.7 Å². The Morgan fingerprint density at radius 2 is 2.04 bits per heavy atom. The molecule has 0 aliphatic carbocycles. The minimum Gasteiger partial charge on any atom is -0.360 e. The lowest BCUT2D eigenvalue weighted by Gasteiger charge is -2.15. The molecular formula is C16H26N3O3Si+. The zero-order chi connectivity index (χ0) is 17.0. The second-order valence-electron chi connectivity index (χ2n) is 6.79. The van der Waals surface area contributed by atoms with E-state index in [9.17, 15) is 4.91 Å². The fourth-order valence-corrected chi connectivity index (χ4v) is 3.10. The van der Waals surface area contributed by atoms with Crippen LogP contribution < -0.4 is 0 Å². The summed E-state index contributed by atoms with van der Waals surface area (Å²) in [5.74, 6) is 0. The molecule has 0 saturated carbocycles. The molecule has 0 saturated heterocycles. The van der Waals surface area contributed by atoms with E-state index in [1.165, 1.54) is 7.11 Å². The predicted octanol–water partition coefficient (Wildman–Crippen LogP) is 3.88. The highest BCUT2D eigenvalue weighted by molar-refractivity contribution is 6.76. The molecule has 0 N–H and O–H groups in total. The zero-order valence-corrected chi connectivity index (χ0v) is 15.6. The molecule has 6 nitrogen and oxygen atoms in total. The third kappa shape index (κ3) is 4.39. The molecule has 0 spiro atoms. The van der Waals surface area contributed by atoms with Gasteiger partial charge in [-0.25, -0.2) is 9.52 Å². The topological polar surface area (TPSA) is 56.4 Å². The highest BCUT2D eigenvalue weighted by Gasteiger charge is 2.19. The standard InChI is InChI=1S/C16H26N3O3Si/c1-6-15-14-8-7-13(19(20)21-2)11-16(14)18(17-15)12-22-9-10-23(3,4)5/h7-8,11H,6,9-10,12H2,1-5H3/q+1. The van der Waals surface area contributed by atoms with E-state index in [1.807, 2.05) is 10.7 Å². The van der Waals surface area contributed by atoms with Gasteiger partial charge in [-0.3, -0.25) is 0 Å². The van der Waals surface area contributed by atoms with E-state index < -0.39 is 8.07 Å². The van der Waals surface area contributed by atoms with Gasteiger partial charge in [0.15, 0.2) is 7.11 Å². The molecule has 0 atom stereocenters. The van der Waals surface area contributed by atoms with Gasteiger partial charge < -0.3 is 4.74 Å². The summed E-state index contributed by atoms with van der Waals surface area (Å²) in [6.45, 7) is 10.2. The van der Waals surface area contributed by atoms with Crippen molar-refractivity contribution in [2.75, 3.05) is 13.7 Å². The highest BCUT2D eigenvalue weighted by atomic mass is 28.3. The van der Waals surface area contributed by atoms with Gasteiger partial charge in [-0.1, -0.05) is 26.6 Å². The molecule has 0 aliphatic heterocycles. The number of aryl methyl sites for hydroxylation is 1. The first-order valence-electron chi connectivity index (χ1n) is 7.94. The molecule has 1 aromatic carbocycles. The quantitative estimate of drug-likeness (QED) is 0.417. The smallest absolute Gasteiger partial charge is 0.318 e. The molecule has 2 aromatic rings. The average molecular weight is 336 g/mol. The normalized spacial score (nSPS) is 11.9. The van der Waals surface area contributed by atoms with Gasteiger partial charge in [-0.2, -0.15) is 5.10 Å². The van der Waals surface area contributed by atoms with E-state index in [-0.39, 0.29) is 0 Å². The molecule has 7 heteroatoms. The van der Waals surface area contributed by atoms with Gasteiger partial charge in [0.05, 0.1) is 16.1 Å². The van der Waals surface area contributed by atoms with Crippen LogP contribution in [0.25, 0.3) is 10.9 Å². The number of ether oxygens (including phenoxy) is 1. The van der Waals surface area contributed by atoms with Crippen molar-refractivity contribution in [3.8, 4) is 0 Å². The van der Waals surface area contributed by atoms with Gasteiger partial charge in [0, 0.05) is 32.2 Å². The molecule has 0 fully saturated rings. The maximum atomic E-state index is 11.7. The van der Waals surface area contributed by atoms with E-state index in [4.69, 9.17) is 9.57 Å². The fourth-order valence-electron chi connectivity index (χ4n) is 2.34. The fraction of sp³-hybridized carbons (Fsp3) is 0.562. The van der Waals surface area contributed by atoms with Crippen molar-refractivity contribution in [3.63, 3.8) is 0 Å². The average Bonchev–Trinajstić information content (AvgIpc) is 2.87. The van der Waals surface area contributed by atoms with Crippen LogP contribution in [0.4, 0.5) is 5.69 Å². The Kier molecular flexibility index (Phi) is 5.54. The van der Waals surface area contributed by atoms with Crippen molar-refractivity contribution < 1.29 is 14.5 Å². The predicted molar refractivity (Wildman–Crippen MR) is 93.5 cm³/mol. The lowest BCUT2D eigenvalue weighted by atomic mass is 10.1. The summed E-state index contributed by atoms with van der Waals surface area (Å²) < 4.78 is 7.63. The van der Waals surface area contributed by atoms with Gasteiger partial charge in [-0.05, 0) is 18.5 Å². The Labute approximate surface area is 137 Å². The van der Waals surface area contributed by atoms with Gasteiger partial charge in [0.1, 0.15) is 6.73 Å². The van der Waals surface area contributed by atoms with E-state index in [2.05, 4.69) is 31.7 Å². The van der Waals surface area contributed by atoms with Gasteiger partial charge in [0.25, 0.3) is 4.92 Å². The Morgan fingerprint density at radius 1 is 1.30 bits per heavy atom. The second kappa shape index (κ2) is 7.23. The van der Waals surface area contributed by atoms with E-state index in [1.54, 1.807) is 12.1 Å². The number of benzene rings is 1. The Hall–Kier alpha value is -1.73. The maximum Gasteiger partial charge on any atom is 0.318 e. The number of hydrogen-bond donors (Lipinski definition) is 0. The molecule has 23 heavy (non-hydrogen) atoms. The molecule has 0 aliphatic rings. The molecule has 1 aromatic heterocycles. The van der Waals surface area contributed by atoms with Crippen LogP contribution in [0.5, 0.6) is 0 Å². The Morgan fingerprint density at radius 3 is 2.65 bits per heavy atom. The van der Waals surface area contributed by atoms with Crippen LogP contribution in [0.15, 0.2) is 18.2 Å². The SMILES string of the molecule is CCc1nn(COCC[Si](C)(C)C)c2cc([N+](=O)OC)ccc12. The number of hydrogen-bond acceptors (Lipinski definition) is 4. The Balaban J connectivity index is 2.22. The van der Waals surface area contributed by atoms with E-state index >= 15 is 0 Å². The third-order valence-electron chi connectivity index (χ3n) is 3.73. The van der Waals surface area contributed by atoms with Crippen molar-refractivity contribution >= 4 is 24.7 Å². The van der Waals surface area contributed by atoms with Gasteiger partial charge >= 0.3 is 5.69 Å². The molecule has 0 bridgehead atoms. The second-order valence-corrected chi connectivity index (χ2v) is 12.4. The number of rotatable bonds is 8. The highest BCUT2D eigenvalue weighted by Crippen LogP contribution is 2.24. The summed E-state index contributed by atoms with van der Waals surface area (Å²) in [6.07, 6.45) is 0.836. The van der Waals surface area contributed by atoms with Crippen LogP contribution in [-0.2, 0) is 22.7 Å². The summed E-state index contributed by atoms with van der Waals surface area (Å²) in [5.41, 5.74) is 2.35. The first-order chi connectivity index (χ1) is 10.9. The molecular weight excluding hydrogens is 310 g/mol. The third-order valence-corrected chi connectivity index (χ3v) is 5.44. The lowest BCUT2D eigenvalue weighted by molar-refractivity contribution is -0.736. The minimum absolute atomic E-state index is 0.399. The van der Waals surface area contributed by atoms with Crippen molar-refractivity contribution in [2.24, 2.45) is 0 Å². The first kappa shape index (κ1) is 17.6. The summed E-state index contributed by atoms with van der Waals surface area (Å²) in [6, 6.07) is 6.57. The van der Waals surface area contributed by atoms with Crippen molar-refractivity contribution in [2.45, 2.75) is 45.8 Å². The number of aromatic nitrogens is 2. The van der Waals surface area contributed by atoms with Crippen molar-refractivity contribution in [3.05, 3.63) is 28.8 Å². The van der Waals surface area contributed by atoms with Crippen LogP contribution in [-0.4, -0.2) is 36.5 Å². The van der Waals surface area contributed by atoms with Crippen LogP contribution in [0, 0.1) is 4.91 Å². The van der Waals surface area contributed by atoms with Crippen LogP contribution in [0.2, 0.25) is 25.7 Å². The zero-order valence-electron chi connectivity index (χ0n) is 14.6. The summed E-state index contributed by atoms with van der Waals surface area (Å²) in [5, 5.41) is 5.66.